The Morgan fingerprint density at radius 2 is 1.92 bits per heavy atom. The fourth-order valence-electron chi connectivity index (χ4n) is 2.35. The average molecular weight is 394 g/mol. The van der Waals surface area contributed by atoms with Crippen molar-refractivity contribution >= 4 is 15.9 Å². The lowest BCUT2D eigenvalue weighted by molar-refractivity contribution is 0.238. The van der Waals surface area contributed by atoms with Crippen molar-refractivity contribution in [2.75, 3.05) is 13.7 Å². The molecule has 0 aliphatic carbocycles. The molecule has 5 heteroatoms. The van der Waals surface area contributed by atoms with E-state index in [1.54, 1.807) is 7.11 Å². The van der Waals surface area contributed by atoms with Crippen LogP contribution in [0.5, 0.6) is 11.5 Å². The van der Waals surface area contributed by atoms with Gasteiger partial charge in [-0.15, -0.1) is 0 Å². The summed E-state index contributed by atoms with van der Waals surface area (Å²) in [6.07, 6.45) is 0.882. The number of aliphatic hydroxyl groups excluding tert-OH is 1. The second-order valence-electron chi connectivity index (χ2n) is 5.55. The number of halogens is 1. The van der Waals surface area contributed by atoms with Crippen molar-refractivity contribution in [3.63, 3.8) is 0 Å². The zero-order chi connectivity index (χ0) is 17.4. The molecule has 0 saturated carbocycles. The van der Waals surface area contributed by atoms with Gasteiger partial charge in [-0.05, 0) is 45.6 Å². The van der Waals surface area contributed by atoms with Crippen molar-refractivity contribution in [3.05, 3.63) is 58.1 Å². The third-order valence-electron chi connectivity index (χ3n) is 3.82. The highest BCUT2D eigenvalue weighted by Crippen LogP contribution is 2.37. The number of nitrogens with one attached hydrogen (secondary N) is 1. The molecule has 2 N–H and O–H groups in total. The van der Waals surface area contributed by atoms with E-state index in [-0.39, 0.29) is 12.6 Å². The van der Waals surface area contributed by atoms with Gasteiger partial charge in [-0.2, -0.15) is 0 Å². The molecule has 0 fully saturated rings. The Balaban J connectivity index is 2.09. The van der Waals surface area contributed by atoms with E-state index in [1.165, 1.54) is 0 Å². The van der Waals surface area contributed by atoms with Crippen LogP contribution in [-0.4, -0.2) is 24.9 Å². The lowest BCUT2D eigenvalue weighted by atomic mass is 10.1. The number of ether oxygens (including phenoxy) is 2. The van der Waals surface area contributed by atoms with Crippen LogP contribution in [0.25, 0.3) is 0 Å². The first-order chi connectivity index (χ1) is 11.7. The van der Waals surface area contributed by atoms with E-state index in [1.807, 2.05) is 49.4 Å². The van der Waals surface area contributed by atoms with E-state index in [0.29, 0.717) is 24.7 Å². The van der Waals surface area contributed by atoms with Gasteiger partial charge in [-0.1, -0.05) is 37.3 Å². The second kappa shape index (κ2) is 9.67. The first-order valence-corrected chi connectivity index (χ1v) is 8.84. The molecular formula is C19H24BrNO3. The van der Waals surface area contributed by atoms with Crippen LogP contribution in [0, 0.1) is 0 Å². The third kappa shape index (κ3) is 5.23. The molecule has 130 valence electrons. The molecule has 1 atom stereocenters. The van der Waals surface area contributed by atoms with Crippen LogP contribution in [0.15, 0.2) is 46.9 Å². The quantitative estimate of drug-likeness (QED) is 0.678. The molecule has 0 spiro atoms. The Kier molecular flexibility index (Phi) is 7.56. The Morgan fingerprint density at radius 3 is 2.54 bits per heavy atom. The average Bonchev–Trinajstić information content (AvgIpc) is 2.62. The predicted octanol–water partition coefficient (Wildman–Crippen LogP) is 3.90. The molecule has 0 bridgehead atoms. The van der Waals surface area contributed by atoms with E-state index in [9.17, 15) is 5.11 Å². The van der Waals surface area contributed by atoms with Gasteiger partial charge < -0.3 is 19.9 Å². The van der Waals surface area contributed by atoms with Crippen molar-refractivity contribution in [1.29, 1.82) is 0 Å². The summed E-state index contributed by atoms with van der Waals surface area (Å²) in [5.41, 5.74) is 2.17. The van der Waals surface area contributed by atoms with Gasteiger partial charge >= 0.3 is 0 Å². The molecule has 0 aromatic heterocycles. The van der Waals surface area contributed by atoms with Crippen LogP contribution in [0.4, 0.5) is 0 Å². The van der Waals surface area contributed by atoms with Crippen LogP contribution in [-0.2, 0) is 13.2 Å². The Hall–Kier alpha value is -1.56. The largest absolute Gasteiger partial charge is 0.493 e. The van der Waals surface area contributed by atoms with Gasteiger partial charge in [0.25, 0.3) is 0 Å². The van der Waals surface area contributed by atoms with Crippen LogP contribution in [0.1, 0.15) is 24.5 Å². The van der Waals surface area contributed by atoms with Crippen molar-refractivity contribution in [2.24, 2.45) is 0 Å². The minimum Gasteiger partial charge on any atom is -0.493 e. The zero-order valence-electron chi connectivity index (χ0n) is 14.1. The molecule has 0 unspecified atom stereocenters. The van der Waals surface area contributed by atoms with Gasteiger partial charge in [0.15, 0.2) is 11.5 Å². The Labute approximate surface area is 151 Å². The SMILES string of the molecule is CC[C@@H](CO)NCc1cc(Br)c(OCc2ccccc2)c(OC)c1. The molecule has 2 rings (SSSR count). The molecule has 0 radical (unpaired) electrons. The summed E-state index contributed by atoms with van der Waals surface area (Å²) in [7, 11) is 1.64. The molecule has 0 amide bonds. The van der Waals surface area contributed by atoms with Gasteiger partial charge in [-0.3, -0.25) is 0 Å². The Bertz CT molecular complexity index is 630. The maximum absolute atomic E-state index is 9.27. The lowest BCUT2D eigenvalue weighted by Crippen LogP contribution is -2.31. The van der Waals surface area contributed by atoms with E-state index in [0.717, 1.165) is 22.0 Å². The Morgan fingerprint density at radius 1 is 1.17 bits per heavy atom. The minimum absolute atomic E-state index is 0.101. The summed E-state index contributed by atoms with van der Waals surface area (Å²) in [5, 5.41) is 12.6. The van der Waals surface area contributed by atoms with E-state index in [4.69, 9.17) is 9.47 Å². The minimum atomic E-state index is 0.101. The molecule has 2 aromatic carbocycles. The van der Waals surface area contributed by atoms with Crippen LogP contribution < -0.4 is 14.8 Å². The van der Waals surface area contributed by atoms with Crippen LogP contribution in [0.3, 0.4) is 0 Å². The van der Waals surface area contributed by atoms with Crippen LogP contribution >= 0.6 is 15.9 Å². The van der Waals surface area contributed by atoms with Crippen molar-refractivity contribution in [1.82, 2.24) is 5.32 Å². The highest BCUT2D eigenvalue weighted by atomic mass is 79.9. The number of hydrogen-bond donors (Lipinski definition) is 2. The summed E-state index contributed by atoms with van der Waals surface area (Å²) in [6, 6.07) is 14.1. The summed E-state index contributed by atoms with van der Waals surface area (Å²) in [4.78, 5) is 0. The topological polar surface area (TPSA) is 50.7 Å². The highest BCUT2D eigenvalue weighted by Gasteiger charge is 2.13. The third-order valence-corrected chi connectivity index (χ3v) is 4.41. The molecule has 2 aromatic rings. The summed E-state index contributed by atoms with van der Waals surface area (Å²) < 4.78 is 12.3. The lowest BCUT2D eigenvalue weighted by Gasteiger charge is -2.17. The maximum atomic E-state index is 9.27. The van der Waals surface area contributed by atoms with E-state index in [2.05, 4.69) is 21.2 Å². The highest BCUT2D eigenvalue weighted by molar-refractivity contribution is 9.10. The molecule has 0 aliphatic heterocycles. The molecule has 0 aliphatic rings. The monoisotopic (exact) mass is 393 g/mol. The van der Waals surface area contributed by atoms with Gasteiger partial charge in [0.1, 0.15) is 6.61 Å². The predicted molar refractivity (Wildman–Crippen MR) is 99.5 cm³/mol. The van der Waals surface area contributed by atoms with E-state index >= 15 is 0 Å². The number of methoxy groups -OCH3 is 1. The fraction of sp³-hybridized carbons (Fsp3) is 0.368. The summed E-state index contributed by atoms with van der Waals surface area (Å²) in [5.74, 6) is 1.38. The second-order valence-corrected chi connectivity index (χ2v) is 6.41. The molecular weight excluding hydrogens is 370 g/mol. The van der Waals surface area contributed by atoms with Crippen molar-refractivity contribution < 1.29 is 14.6 Å². The van der Waals surface area contributed by atoms with Gasteiger partial charge in [0.2, 0.25) is 0 Å². The smallest absolute Gasteiger partial charge is 0.175 e. The molecule has 0 saturated heterocycles. The standard InChI is InChI=1S/C19H24BrNO3/c1-3-16(12-22)21-11-15-9-17(20)19(18(10-15)23-2)24-13-14-7-5-4-6-8-14/h4-10,16,21-22H,3,11-13H2,1-2H3/t16-/m0/s1. The maximum Gasteiger partial charge on any atom is 0.175 e. The summed E-state index contributed by atoms with van der Waals surface area (Å²) in [6.45, 7) is 3.32. The fourth-order valence-corrected chi connectivity index (χ4v) is 2.95. The van der Waals surface area contributed by atoms with Gasteiger partial charge in [-0.25, -0.2) is 0 Å². The molecule has 24 heavy (non-hydrogen) atoms. The number of hydrogen-bond acceptors (Lipinski definition) is 4. The number of rotatable bonds is 9. The normalized spacial score (nSPS) is 12.0. The summed E-state index contributed by atoms with van der Waals surface area (Å²) >= 11 is 3.57. The number of aliphatic hydroxyl groups is 1. The first kappa shape index (κ1) is 18.8. The van der Waals surface area contributed by atoms with E-state index < -0.39 is 0 Å². The van der Waals surface area contributed by atoms with Crippen molar-refractivity contribution in [3.8, 4) is 11.5 Å². The van der Waals surface area contributed by atoms with Crippen molar-refractivity contribution in [2.45, 2.75) is 32.5 Å². The number of benzene rings is 2. The molecule has 0 heterocycles. The first-order valence-electron chi connectivity index (χ1n) is 8.05. The molecule has 4 nitrogen and oxygen atoms in total. The zero-order valence-corrected chi connectivity index (χ0v) is 15.7. The van der Waals surface area contributed by atoms with Gasteiger partial charge in [0, 0.05) is 12.6 Å². The van der Waals surface area contributed by atoms with Crippen LogP contribution in [0.2, 0.25) is 0 Å². The van der Waals surface area contributed by atoms with Gasteiger partial charge in [0.05, 0.1) is 18.2 Å².